The van der Waals surface area contributed by atoms with Crippen LogP contribution in [0.25, 0.3) is 0 Å². The van der Waals surface area contributed by atoms with Crippen LogP contribution in [0.15, 0.2) is 24.3 Å². The highest BCUT2D eigenvalue weighted by atomic mass is 35.5. The Bertz CT molecular complexity index is 668. The molecule has 0 aliphatic rings. The van der Waals surface area contributed by atoms with Gasteiger partial charge in [-0.2, -0.15) is 0 Å². The summed E-state index contributed by atoms with van der Waals surface area (Å²) in [5.74, 6) is -1.13. The van der Waals surface area contributed by atoms with E-state index < -0.39 is 17.7 Å². The van der Waals surface area contributed by atoms with Crippen LogP contribution in [0, 0.1) is 11.6 Å². The molecule has 2 aromatic rings. The Kier molecular flexibility index (Phi) is 5.20. The van der Waals surface area contributed by atoms with Crippen LogP contribution in [0.2, 0.25) is 20.1 Å². The van der Waals surface area contributed by atoms with Gasteiger partial charge in [0.2, 0.25) is 0 Å². The fraction of sp³-hybridized carbons (Fsp3) is 0.143. The first-order chi connectivity index (χ1) is 9.81. The molecule has 112 valence electrons. The van der Waals surface area contributed by atoms with Gasteiger partial charge in [0.15, 0.2) is 0 Å². The van der Waals surface area contributed by atoms with Gasteiger partial charge in [-0.05, 0) is 31.2 Å². The lowest BCUT2D eigenvalue weighted by molar-refractivity contribution is 0.624. The average Bonchev–Trinajstić information content (AvgIpc) is 2.38. The van der Waals surface area contributed by atoms with Crippen molar-refractivity contribution >= 4 is 52.1 Å². The topological polar surface area (TPSA) is 12.0 Å². The highest BCUT2D eigenvalue weighted by molar-refractivity contribution is 6.39. The monoisotopic (exact) mass is 369 g/mol. The molecule has 1 atom stereocenters. The first-order valence-electron chi connectivity index (χ1n) is 5.85. The third-order valence-electron chi connectivity index (χ3n) is 2.88. The molecule has 0 aromatic heterocycles. The van der Waals surface area contributed by atoms with E-state index in [0.717, 1.165) is 12.1 Å². The summed E-state index contributed by atoms with van der Waals surface area (Å²) < 4.78 is 26.7. The van der Waals surface area contributed by atoms with Gasteiger partial charge >= 0.3 is 0 Å². The molecule has 0 spiro atoms. The number of rotatable bonds is 3. The maximum atomic E-state index is 13.5. The van der Waals surface area contributed by atoms with Crippen LogP contribution in [0.1, 0.15) is 18.5 Å². The van der Waals surface area contributed by atoms with Gasteiger partial charge in [0, 0.05) is 10.6 Å². The Hall–Kier alpha value is -0.740. The van der Waals surface area contributed by atoms with Crippen molar-refractivity contribution in [3.8, 4) is 0 Å². The molecular formula is C14H9Cl4F2N. The fourth-order valence-corrected chi connectivity index (χ4v) is 3.18. The molecule has 0 fully saturated rings. The molecule has 0 saturated carbocycles. The van der Waals surface area contributed by atoms with E-state index in [0.29, 0.717) is 16.3 Å². The molecule has 0 radical (unpaired) electrons. The van der Waals surface area contributed by atoms with Crippen LogP contribution >= 0.6 is 46.4 Å². The number of benzene rings is 2. The zero-order chi connectivity index (χ0) is 15.7. The Morgan fingerprint density at radius 2 is 1.52 bits per heavy atom. The van der Waals surface area contributed by atoms with Gasteiger partial charge in [0.1, 0.15) is 11.6 Å². The van der Waals surface area contributed by atoms with E-state index in [2.05, 4.69) is 5.32 Å². The number of halogens is 6. The van der Waals surface area contributed by atoms with E-state index in [-0.39, 0.29) is 15.1 Å². The second-order valence-electron chi connectivity index (χ2n) is 4.37. The largest absolute Gasteiger partial charge is 0.376 e. The highest BCUT2D eigenvalue weighted by Gasteiger charge is 2.19. The first-order valence-corrected chi connectivity index (χ1v) is 7.37. The van der Waals surface area contributed by atoms with Crippen LogP contribution in [0.3, 0.4) is 0 Å². The van der Waals surface area contributed by atoms with Crippen molar-refractivity contribution in [3.63, 3.8) is 0 Å². The molecule has 0 aliphatic carbocycles. The fourth-order valence-electron chi connectivity index (χ4n) is 1.91. The van der Waals surface area contributed by atoms with E-state index in [1.807, 2.05) is 0 Å². The molecule has 0 heterocycles. The van der Waals surface area contributed by atoms with Gasteiger partial charge in [-0.15, -0.1) is 0 Å². The van der Waals surface area contributed by atoms with Gasteiger partial charge in [0.25, 0.3) is 0 Å². The number of hydrogen-bond acceptors (Lipinski definition) is 1. The Morgan fingerprint density at radius 1 is 0.952 bits per heavy atom. The van der Waals surface area contributed by atoms with E-state index in [9.17, 15) is 8.78 Å². The van der Waals surface area contributed by atoms with E-state index in [4.69, 9.17) is 46.4 Å². The molecule has 21 heavy (non-hydrogen) atoms. The van der Waals surface area contributed by atoms with Crippen LogP contribution in [0.5, 0.6) is 0 Å². The van der Waals surface area contributed by atoms with Crippen LogP contribution in [0.4, 0.5) is 14.5 Å². The maximum absolute atomic E-state index is 13.5. The summed E-state index contributed by atoms with van der Waals surface area (Å²) >= 11 is 23.9. The maximum Gasteiger partial charge on any atom is 0.142 e. The Morgan fingerprint density at radius 3 is 2.10 bits per heavy atom. The van der Waals surface area contributed by atoms with Crippen molar-refractivity contribution in [1.29, 1.82) is 0 Å². The summed E-state index contributed by atoms with van der Waals surface area (Å²) in [6.07, 6.45) is 0. The molecule has 1 nitrogen and oxygen atoms in total. The molecule has 2 rings (SSSR count). The number of hydrogen-bond donors (Lipinski definition) is 1. The second-order valence-corrected chi connectivity index (χ2v) is 5.97. The lowest BCUT2D eigenvalue weighted by Gasteiger charge is -2.20. The molecule has 1 N–H and O–H groups in total. The average molecular weight is 371 g/mol. The summed E-state index contributed by atoms with van der Waals surface area (Å²) in [5.41, 5.74) is 0.693. The summed E-state index contributed by atoms with van der Waals surface area (Å²) in [6, 6.07) is 4.35. The first kappa shape index (κ1) is 16.6. The third kappa shape index (κ3) is 3.54. The van der Waals surface area contributed by atoms with Gasteiger partial charge in [-0.3, -0.25) is 0 Å². The molecule has 0 amide bonds. The third-order valence-corrected chi connectivity index (χ3v) is 4.19. The minimum atomic E-state index is -0.582. The molecule has 2 aromatic carbocycles. The Labute approximate surface area is 140 Å². The second kappa shape index (κ2) is 6.57. The number of nitrogens with one attached hydrogen (secondary N) is 1. The predicted octanol–water partition coefficient (Wildman–Crippen LogP) is 6.75. The summed E-state index contributed by atoms with van der Waals surface area (Å²) in [7, 11) is 0. The lowest BCUT2D eigenvalue weighted by atomic mass is 10.1. The molecule has 0 bridgehead atoms. The van der Waals surface area contributed by atoms with Crippen LogP contribution in [-0.4, -0.2) is 0 Å². The zero-order valence-corrected chi connectivity index (χ0v) is 13.7. The standard InChI is InChI=1S/C14H9Cl4F2N/c1-6(12-8(15)2-3-11(20)13(12)18)21-14-9(16)4-7(19)5-10(14)17/h2-6,21H,1H3. The quantitative estimate of drug-likeness (QED) is 0.589. The van der Waals surface area contributed by atoms with Gasteiger partial charge < -0.3 is 5.32 Å². The van der Waals surface area contributed by atoms with Gasteiger partial charge in [-0.1, -0.05) is 46.4 Å². The van der Waals surface area contributed by atoms with E-state index in [1.54, 1.807) is 6.92 Å². The molecule has 0 saturated heterocycles. The molecular weight excluding hydrogens is 362 g/mol. The van der Waals surface area contributed by atoms with Crippen LogP contribution < -0.4 is 5.32 Å². The van der Waals surface area contributed by atoms with Crippen molar-refractivity contribution in [2.45, 2.75) is 13.0 Å². The van der Waals surface area contributed by atoms with Crippen molar-refractivity contribution in [2.75, 3.05) is 5.32 Å². The molecule has 7 heteroatoms. The van der Waals surface area contributed by atoms with Gasteiger partial charge in [0.05, 0.1) is 26.8 Å². The summed E-state index contributed by atoms with van der Waals surface area (Å²) in [6.45, 7) is 1.71. The van der Waals surface area contributed by atoms with E-state index in [1.165, 1.54) is 12.1 Å². The predicted molar refractivity (Wildman–Crippen MR) is 84.9 cm³/mol. The number of anilines is 1. The van der Waals surface area contributed by atoms with E-state index >= 15 is 0 Å². The van der Waals surface area contributed by atoms with Crippen molar-refractivity contribution in [2.24, 2.45) is 0 Å². The minimum Gasteiger partial charge on any atom is -0.376 e. The summed E-state index contributed by atoms with van der Waals surface area (Å²) in [5, 5.41) is 3.39. The van der Waals surface area contributed by atoms with Crippen molar-refractivity contribution < 1.29 is 8.78 Å². The van der Waals surface area contributed by atoms with Crippen molar-refractivity contribution in [3.05, 3.63) is 61.6 Å². The highest BCUT2D eigenvalue weighted by Crippen LogP contribution is 2.38. The normalized spacial score (nSPS) is 12.3. The van der Waals surface area contributed by atoms with Gasteiger partial charge in [-0.25, -0.2) is 8.78 Å². The van der Waals surface area contributed by atoms with Crippen molar-refractivity contribution in [1.82, 2.24) is 0 Å². The zero-order valence-electron chi connectivity index (χ0n) is 10.7. The SMILES string of the molecule is CC(Nc1c(Cl)cc(F)cc1Cl)c1c(Cl)ccc(F)c1Cl. The Balaban J connectivity index is 2.40. The molecule has 1 unspecified atom stereocenters. The molecule has 0 aliphatic heterocycles. The summed E-state index contributed by atoms with van der Waals surface area (Å²) in [4.78, 5) is 0. The lowest BCUT2D eigenvalue weighted by Crippen LogP contribution is -2.09. The smallest absolute Gasteiger partial charge is 0.142 e. The van der Waals surface area contributed by atoms with Crippen LogP contribution in [-0.2, 0) is 0 Å². The minimum absolute atomic E-state index is 0.0862.